The average molecular weight is 310 g/mol. The number of ketones is 1. The molecule has 0 aliphatic carbocycles. The Kier molecular flexibility index (Phi) is 4.34. The molecule has 1 aliphatic rings. The second-order valence-electron chi connectivity index (χ2n) is 5.34. The number of hydrogen-bond acceptors (Lipinski definition) is 3. The van der Waals surface area contributed by atoms with E-state index in [4.69, 9.17) is 4.74 Å². The summed E-state index contributed by atoms with van der Waals surface area (Å²) in [6.07, 6.45) is 3.14. The summed E-state index contributed by atoms with van der Waals surface area (Å²) in [5.74, 6) is 0.978. The van der Waals surface area contributed by atoms with Crippen molar-refractivity contribution in [3.63, 3.8) is 0 Å². The molecule has 0 spiro atoms. The van der Waals surface area contributed by atoms with Crippen molar-refractivity contribution in [2.45, 2.75) is 31.3 Å². The van der Waals surface area contributed by atoms with Gasteiger partial charge < -0.3 is 4.74 Å². The highest BCUT2D eigenvalue weighted by Crippen LogP contribution is 2.40. The Balaban J connectivity index is 1.78. The zero-order valence-corrected chi connectivity index (χ0v) is 13.5. The Bertz CT molecular complexity index is 716. The molecule has 112 valence electrons. The summed E-state index contributed by atoms with van der Waals surface area (Å²) in [4.78, 5) is 14.2. The molecule has 0 bridgehead atoms. The molecule has 2 nitrogen and oxygen atoms in total. The molecule has 3 rings (SSSR count). The fourth-order valence-corrected chi connectivity index (χ4v) is 3.30. The van der Waals surface area contributed by atoms with Gasteiger partial charge in [-0.1, -0.05) is 43.0 Å². The third kappa shape index (κ3) is 3.09. The molecule has 0 saturated heterocycles. The molecule has 1 aliphatic heterocycles. The maximum Gasteiger partial charge on any atom is 0.200 e. The molecular weight excluding hydrogens is 292 g/mol. The lowest BCUT2D eigenvalue weighted by molar-refractivity contribution is 0.104. The first-order valence-corrected chi connectivity index (χ1v) is 8.29. The lowest BCUT2D eigenvalue weighted by Gasteiger charge is -2.12. The molecule has 2 aromatic rings. The zero-order chi connectivity index (χ0) is 15.5. The van der Waals surface area contributed by atoms with E-state index in [1.54, 1.807) is 0 Å². The number of hydrogen-bond donors (Lipinski definition) is 0. The van der Waals surface area contributed by atoms with Crippen LogP contribution < -0.4 is 4.74 Å². The van der Waals surface area contributed by atoms with Gasteiger partial charge in [0.15, 0.2) is 0 Å². The minimum atomic E-state index is 0.112. The van der Waals surface area contributed by atoms with Gasteiger partial charge in [-0.15, -0.1) is 0 Å². The van der Waals surface area contributed by atoms with E-state index in [0.717, 1.165) is 33.1 Å². The van der Waals surface area contributed by atoms with Gasteiger partial charge in [-0.2, -0.15) is 0 Å². The number of carbonyl (C=O) groups excluding carboxylic acids is 1. The minimum Gasteiger partial charge on any atom is -0.491 e. The van der Waals surface area contributed by atoms with Gasteiger partial charge in [0.25, 0.3) is 0 Å². The van der Waals surface area contributed by atoms with Crippen molar-refractivity contribution in [1.82, 2.24) is 0 Å². The first kappa shape index (κ1) is 14.9. The molecule has 0 amide bonds. The predicted molar refractivity (Wildman–Crippen MR) is 91.4 cm³/mol. The van der Waals surface area contributed by atoms with Crippen molar-refractivity contribution < 1.29 is 9.53 Å². The van der Waals surface area contributed by atoms with Gasteiger partial charge >= 0.3 is 0 Å². The standard InChI is InChI=1S/C19H18O2S/c1-3-13(2)21-15-10-8-14(9-11-15)12-18-19(20)16-6-4-5-7-17(16)22-18/h4-13H,3H2,1-2H3/b18-12+/t13-/m1/s1. The minimum absolute atomic E-state index is 0.112. The van der Waals surface area contributed by atoms with E-state index in [2.05, 4.69) is 13.8 Å². The monoisotopic (exact) mass is 310 g/mol. The van der Waals surface area contributed by atoms with Gasteiger partial charge in [-0.05, 0) is 49.2 Å². The van der Waals surface area contributed by atoms with Gasteiger partial charge in [-0.25, -0.2) is 0 Å². The van der Waals surface area contributed by atoms with Gasteiger partial charge in [0.1, 0.15) is 5.75 Å². The van der Waals surface area contributed by atoms with Gasteiger partial charge in [0.05, 0.1) is 11.0 Å². The summed E-state index contributed by atoms with van der Waals surface area (Å²) in [5, 5.41) is 0. The lowest BCUT2D eigenvalue weighted by Crippen LogP contribution is -2.09. The summed E-state index contributed by atoms with van der Waals surface area (Å²) in [5.41, 5.74) is 1.82. The molecule has 0 aromatic heterocycles. The molecule has 22 heavy (non-hydrogen) atoms. The summed E-state index contributed by atoms with van der Waals surface area (Å²) in [6.45, 7) is 4.16. The van der Waals surface area contributed by atoms with E-state index >= 15 is 0 Å². The highest BCUT2D eigenvalue weighted by Gasteiger charge is 2.24. The fourth-order valence-electron chi connectivity index (χ4n) is 2.25. The topological polar surface area (TPSA) is 26.3 Å². The van der Waals surface area contributed by atoms with Crippen molar-refractivity contribution in [3.8, 4) is 5.75 Å². The normalized spacial score (nSPS) is 16.6. The van der Waals surface area contributed by atoms with Crippen LogP contribution in [0.2, 0.25) is 0 Å². The van der Waals surface area contributed by atoms with Gasteiger partial charge in [0.2, 0.25) is 5.78 Å². The number of Topliss-reactive ketones (excluding diaryl/α,β-unsaturated/α-hetero) is 1. The molecule has 2 aromatic carbocycles. The quantitative estimate of drug-likeness (QED) is 0.727. The van der Waals surface area contributed by atoms with E-state index in [9.17, 15) is 4.79 Å². The number of allylic oxidation sites excluding steroid dienone is 1. The van der Waals surface area contributed by atoms with Crippen LogP contribution in [0.3, 0.4) is 0 Å². The van der Waals surface area contributed by atoms with Crippen LogP contribution in [-0.2, 0) is 0 Å². The van der Waals surface area contributed by atoms with Crippen molar-refractivity contribution in [1.29, 1.82) is 0 Å². The van der Waals surface area contributed by atoms with E-state index in [0.29, 0.717) is 0 Å². The van der Waals surface area contributed by atoms with Crippen molar-refractivity contribution >= 4 is 23.6 Å². The number of benzene rings is 2. The fraction of sp³-hybridized carbons (Fsp3) is 0.211. The number of rotatable bonds is 4. The first-order chi connectivity index (χ1) is 10.7. The van der Waals surface area contributed by atoms with Crippen LogP contribution in [0.1, 0.15) is 36.2 Å². The maximum absolute atomic E-state index is 12.3. The number of fused-ring (bicyclic) bond motifs is 1. The van der Waals surface area contributed by atoms with E-state index < -0.39 is 0 Å². The number of carbonyl (C=O) groups is 1. The summed E-state index contributed by atoms with van der Waals surface area (Å²) in [7, 11) is 0. The maximum atomic E-state index is 12.3. The van der Waals surface area contributed by atoms with Crippen molar-refractivity contribution in [2.75, 3.05) is 0 Å². The largest absolute Gasteiger partial charge is 0.491 e. The SMILES string of the molecule is CC[C@@H](C)Oc1ccc(/C=C2/Sc3ccccc3C2=O)cc1. The summed E-state index contributed by atoms with van der Waals surface area (Å²) >= 11 is 1.54. The van der Waals surface area contributed by atoms with Crippen molar-refractivity contribution in [2.24, 2.45) is 0 Å². The molecule has 0 fully saturated rings. The summed E-state index contributed by atoms with van der Waals surface area (Å²) in [6, 6.07) is 15.6. The van der Waals surface area contributed by atoms with E-state index in [1.165, 1.54) is 11.8 Å². The Morgan fingerprint density at radius 3 is 2.55 bits per heavy atom. The van der Waals surface area contributed by atoms with Gasteiger partial charge in [-0.3, -0.25) is 4.79 Å². The van der Waals surface area contributed by atoms with Crippen LogP contribution in [0.4, 0.5) is 0 Å². The molecule has 1 heterocycles. The highest BCUT2D eigenvalue weighted by molar-refractivity contribution is 8.04. The van der Waals surface area contributed by atoms with E-state index in [-0.39, 0.29) is 11.9 Å². The molecule has 1 atom stereocenters. The van der Waals surface area contributed by atoms with Crippen LogP contribution >= 0.6 is 11.8 Å². The molecule has 0 saturated carbocycles. The Hall–Kier alpha value is -2.00. The second kappa shape index (κ2) is 6.41. The lowest BCUT2D eigenvalue weighted by atomic mass is 10.1. The number of ether oxygens (including phenoxy) is 1. The third-order valence-electron chi connectivity index (χ3n) is 3.67. The molecule has 0 N–H and O–H groups in total. The second-order valence-corrected chi connectivity index (χ2v) is 6.43. The Labute approximate surface area is 135 Å². The molecule has 0 unspecified atom stereocenters. The molecule has 0 radical (unpaired) electrons. The van der Waals surface area contributed by atoms with Crippen LogP contribution in [0.25, 0.3) is 6.08 Å². The zero-order valence-electron chi connectivity index (χ0n) is 12.7. The van der Waals surface area contributed by atoms with Crippen LogP contribution in [0, 0.1) is 0 Å². The Morgan fingerprint density at radius 1 is 1.14 bits per heavy atom. The Morgan fingerprint density at radius 2 is 1.86 bits per heavy atom. The third-order valence-corrected chi connectivity index (χ3v) is 4.76. The van der Waals surface area contributed by atoms with E-state index in [1.807, 2.05) is 54.6 Å². The van der Waals surface area contributed by atoms with Crippen LogP contribution in [0.15, 0.2) is 58.3 Å². The van der Waals surface area contributed by atoms with Gasteiger partial charge in [0, 0.05) is 10.5 Å². The smallest absolute Gasteiger partial charge is 0.200 e. The van der Waals surface area contributed by atoms with Crippen molar-refractivity contribution in [3.05, 3.63) is 64.6 Å². The average Bonchev–Trinajstić information content (AvgIpc) is 2.86. The summed E-state index contributed by atoms with van der Waals surface area (Å²) < 4.78 is 5.77. The van der Waals surface area contributed by atoms with Crippen LogP contribution in [-0.4, -0.2) is 11.9 Å². The highest BCUT2D eigenvalue weighted by atomic mass is 32.2. The molecular formula is C19H18O2S. The van der Waals surface area contributed by atoms with Crippen LogP contribution in [0.5, 0.6) is 5.75 Å². The predicted octanol–water partition coefficient (Wildman–Crippen LogP) is 5.19. The first-order valence-electron chi connectivity index (χ1n) is 7.47. The molecule has 3 heteroatoms. The number of thioether (sulfide) groups is 1.